The monoisotopic (exact) mass is 150 g/mol. The Morgan fingerprint density at radius 1 is 1.45 bits per heavy atom. The highest BCUT2D eigenvalue weighted by atomic mass is 16.3. The Kier molecular flexibility index (Phi) is 1.61. The second kappa shape index (κ2) is 2.49. The van der Waals surface area contributed by atoms with Gasteiger partial charge in [0.2, 0.25) is 0 Å². The molecule has 2 aliphatic carbocycles. The van der Waals surface area contributed by atoms with E-state index < -0.39 is 0 Å². The van der Waals surface area contributed by atoms with Crippen molar-refractivity contribution in [3.05, 3.63) is 24.3 Å². The lowest BCUT2D eigenvalue weighted by atomic mass is 9.81. The fourth-order valence-corrected chi connectivity index (χ4v) is 2.35. The standard InChI is InChI=1S/C10H14O/c1-7-5-6-10(11)9-4-2-3-8(7)9/h5-6,8-11H,1-4H2/t8-,9+,10-/m0/s1. The molecule has 0 saturated heterocycles. The number of fused-ring (bicyclic) bond motifs is 1. The van der Waals surface area contributed by atoms with Gasteiger partial charge in [-0.3, -0.25) is 0 Å². The SMILES string of the molecule is C=C1C=C[C@H](O)[C@@H]2CCC[C@@H]12. The van der Waals surface area contributed by atoms with Crippen LogP contribution in [0.25, 0.3) is 0 Å². The minimum Gasteiger partial charge on any atom is -0.389 e. The Bertz CT molecular complexity index is 205. The van der Waals surface area contributed by atoms with Gasteiger partial charge in [-0.05, 0) is 24.7 Å². The molecule has 0 spiro atoms. The first-order chi connectivity index (χ1) is 5.29. The van der Waals surface area contributed by atoms with E-state index in [-0.39, 0.29) is 6.10 Å². The Hall–Kier alpha value is -0.560. The van der Waals surface area contributed by atoms with E-state index in [0.29, 0.717) is 11.8 Å². The largest absolute Gasteiger partial charge is 0.389 e. The summed E-state index contributed by atoms with van der Waals surface area (Å²) in [6, 6.07) is 0. The molecule has 0 aromatic rings. The van der Waals surface area contributed by atoms with Gasteiger partial charge in [-0.1, -0.05) is 30.7 Å². The molecular formula is C10H14O. The van der Waals surface area contributed by atoms with Crippen LogP contribution in [-0.4, -0.2) is 11.2 Å². The highest BCUT2D eigenvalue weighted by molar-refractivity contribution is 5.26. The molecule has 0 radical (unpaired) electrons. The van der Waals surface area contributed by atoms with Crippen molar-refractivity contribution in [2.24, 2.45) is 11.8 Å². The smallest absolute Gasteiger partial charge is 0.0758 e. The van der Waals surface area contributed by atoms with Crippen LogP contribution < -0.4 is 0 Å². The first kappa shape index (κ1) is 7.11. The van der Waals surface area contributed by atoms with Crippen LogP contribution in [0.3, 0.4) is 0 Å². The molecule has 0 aromatic heterocycles. The lowest BCUT2D eigenvalue weighted by molar-refractivity contribution is 0.132. The number of allylic oxidation sites excluding steroid dienone is 2. The second-order valence-corrected chi connectivity index (χ2v) is 3.63. The van der Waals surface area contributed by atoms with Gasteiger partial charge in [0.05, 0.1) is 6.10 Å². The van der Waals surface area contributed by atoms with E-state index in [2.05, 4.69) is 6.58 Å². The number of aliphatic hydroxyl groups is 1. The Morgan fingerprint density at radius 2 is 2.27 bits per heavy atom. The van der Waals surface area contributed by atoms with Crippen LogP contribution in [0.15, 0.2) is 24.3 Å². The average molecular weight is 150 g/mol. The molecule has 0 aliphatic heterocycles. The zero-order valence-corrected chi connectivity index (χ0v) is 6.66. The topological polar surface area (TPSA) is 20.2 Å². The summed E-state index contributed by atoms with van der Waals surface area (Å²) in [5, 5.41) is 9.57. The second-order valence-electron chi connectivity index (χ2n) is 3.63. The molecular weight excluding hydrogens is 136 g/mol. The van der Waals surface area contributed by atoms with Crippen molar-refractivity contribution in [1.29, 1.82) is 0 Å². The summed E-state index contributed by atoms with van der Waals surface area (Å²) < 4.78 is 0. The van der Waals surface area contributed by atoms with Crippen LogP contribution in [-0.2, 0) is 0 Å². The molecule has 2 aliphatic rings. The number of rotatable bonds is 0. The molecule has 0 bridgehead atoms. The van der Waals surface area contributed by atoms with Gasteiger partial charge in [0.25, 0.3) is 0 Å². The number of hydrogen-bond donors (Lipinski definition) is 1. The molecule has 0 unspecified atom stereocenters. The summed E-state index contributed by atoms with van der Waals surface area (Å²) in [7, 11) is 0. The van der Waals surface area contributed by atoms with E-state index in [1.807, 2.05) is 12.2 Å². The predicted octanol–water partition coefficient (Wildman–Crippen LogP) is 1.89. The first-order valence-corrected chi connectivity index (χ1v) is 4.34. The molecule has 2 rings (SSSR count). The van der Waals surface area contributed by atoms with Crippen molar-refractivity contribution in [2.45, 2.75) is 25.4 Å². The molecule has 11 heavy (non-hydrogen) atoms. The van der Waals surface area contributed by atoms with Crippen molar-refractivity contribution in [1.82, 2.24) is 0 Å². The Labute approximate surface area is 67.4 Å². The minimum absolute atomic E-state index is 0.201. The molecule has 3 atom stereocenters. The lowest BCUT2D eigenvalue weighted by Gasteiger charge is -2.27. The Morgan fingerprint density at radius 3 is 3.00 bits per heavy atom. The summed E-state index contributed by atoms with van der Waals surface area (Å²) in [4.78, 5) is 0. The first-order valence-electron chi connectivity index (χ1n) is 4.34. The van der Waals surface area contributed by atoms with E-state index in [9.17, 15) is 5.11 Å². The molecule has 1 saturated carbocycles. The van der Waals surface area contributed by atoms with Gasteiger partial charge in [-0.15, -0.1) is 0 Å². The maximum Gasteiger partial charge on any atom is 0.0758 e. The van der Waals surface area contributed by atoms with Gasteiger partial charge < -0.3 is 5.11 Å². The fourth-order valence-electron chi connectivity index (χ4n) is 2.35. The van der Waals surface area contributed by atoms with Gasteiger partial charge in [0.1, 0.15) is 0 Å². The third kappa shape index (κ3) is 1.04. The van der Waals surface area contributed by atoms with Crippen molar-refractivity contribution in [3.8, 4) is 0 Å². The zero-order valence-electron chi connectivity index (χ0n) is 6.66. The predicted molar refractivity (Wildman–Crippen MR) is 45.1 cm³/mol. The number of hydrogen-bond acceptors (Lipinski definition) is 1. The van der Waals surface area contributed by atoms with Gasteiger partial charge in [0.15, 0.2) is 0 Å². The van der Waals surface area contributed by atoms with Crippen molar-refractivity contribution >= 4 is 0 Å². The maximum atomic E-state index is 9.57. The van der Waals surface area contributed by atoms with Crippen molar-refractivity contribution in [2.75, 3.05) is 0 Å². The van der Waals surface area contributed by atoms with E-state index in [0.717, 1.165) is 0 Å². The number of aliphatic hydroxyl groups excluding tert-OH is 1. The van der Waals surface area contributed by atoms with Gasteiger partial charge in [0, 0.05) is 0 Å². The molecule has 60 valence electrons. The summed E-state index contributed by atoms with van der Waals surface area (Å²) in [5.74, 6) is 1.06. The Balaban J connectivity index is 2.25. The average Bonchev–Trinajstić information content (AvgIpc) is 2.45. The highest BCUT2D eigenvalue weighted by Crippen LogP contribution is 2.41. The van der Waals surface area contributed by atoms with Gasteiger partial charge in [-0.2, -0.15) is 0 Å². The van der Waals surface area contributed by atoms with E-state index in [4.69, 9.17) is 0 Å². The fraction of sp³-hybridized carbons (Fsp3) is 0.600. The molecule has 0 aromatic carbocycles. The lowest BCUT2D eigenvalue weighted by Crippen LogP contribution is -2.25. The molecule has 1 heteroatoms. The van der Waals surface area contributed by atoms with Crippen LogP contribution in [0.2, 0.25) is 0 Å². The summed E-state index contributed by atoms with van der Waals surface area (Å²) in [6.45, 7) is 3.99. The van der Waals surface area contributed by atoms with Gasteiger partial charge >= 0.3 is 0 Å². The van der Waals surface area contributed by atoms with Crippen molar-refractivity contribution < 1.29 is 5.11 Å². The maximum absolute atomic E-state index is 9.57. The molecule has 0 amide bonds. The summed E-state index contributed by atoms with van der Waals surface area (Å²) in [6.07, 6.45) is 7.33. The normalized spacial score (nSPS) is 42.6. The molecule has 1 nitrogen and oxygen atoms in total. The third-order valence-corrected chi connectivity index (χ3v) is 2.99. The van der Waals surface area contributed by atoms with E-state index in [1.165, 1.54) is 24.8 Å². The minimum atomic E-state index is -0.201. The molecule has 1 N–H and O–H groups in total. The van der Waals surface area contributed by atoms with Crippen LogP contribution in [0.4, 0.5) is 0 Å². The van der Waals surface area contributed by atoms with E-state index >= 15 is 0 Å². The van der Waals surface area contributed by atoms with Crippen LogP contribution in [0.5, 0.6) is 0 Å². The van der Waals surface area contributed by atoms with Gasteiger partial charge in [-0.25, -0.2) is 0 Å². The van der Waals surface area contributed by atoms with E-state index in [1.54, 1.807) is 0 Å². The molecule has 1 fully saturated rings. The van der Waals surface area contributed by atoms with Crippen LogP contribution in [0.1, 0.15) is 19.3 Å². The zero-order chi connectivity index (χ0) is 7.84. The van der Waals surface area contributed by atoms with Crippen molar-refractivity contribution in [3.63, 3.8) is 0 Å². The molecule has 0 heterocycles. The highest BCUT2D eigenvalue weighted by Gasteiger charge is 2.34. The quantitative estimate of drug-likeness (QED) is 0.559. The summed E-state index contributed by atoms with van der Waals surface area (Å²) >= 11 is 0. The van der Waals surface area contributed by atoms with Crippen LogP contribution in [0, 0.1) is 11.8 Å². The summed E-state index contributed by atoms with van der Waals surface area (Å²) in [5.41, 5.74) is 1.22. The third-order valence-electron chi connectivity index (χ3n) is 2.99. The van der Waals surface area contributed by atoms with Crippen LogP contribution >= 0.6 is 0 Å².